The van der Waals surface area contributed by atoms with E-state index in [4.69, 9.17) is 16.0 Å². The number of carbonyl (C=O) groups is 3. The molecular weight excluding hydrogens is 987 g/mol. The number of phenolic OH excluding ortho intramolecular Hbond substituents is 1. The van der Waals surface area contributed by atoms with Crippen LogP contribution in [-0.2, 0) is 32.6 Å². The number of imidazole rings is 1. The van der Waals surface area contributed by atoms with E-state index in [1.54, 1.807) is 18.7 Å². The van der Waals surface area contributed by atoms with Gasteiger partial charge in [0, 0.05) is 81.0 Å². The van der Waals surface area contributed by atoms with Crippen molar-refractivity contribution in [2.45, 2.75) is 139 Å². The normalized spacial score (nSPS) is 20.1. The van der Waals surface area contributed by atoms with Gasteiger partial charge in [-0.1, -0.05) is 50.2 Å². The maximum absolute atomic E-state index is 15.9. The Morgan fingerprint density at radius 1 is 1.01 bits per heavy atom. The molecule has 7 heterocycles. The van der Waals surface area contributed by atoms with Crippen LogP contribution in [0.4, 0.5) is 14.6 Å². The fourth-order valence-electron chi connectivity index (χ4n) is 12.1. The number of aromatic amines is 1. The maximum atomic E-state index is 15.9. The van der Waals surface area contributed by atoms with Crippen LogP contribution in [0.25, 0.3) is 44.0 Å². The van der Waals surface area contributed by atoms with E-state index < -0.39 is 23.4 Å². The molecule has 77 heavy (non-hydrogen) atoms. The Kier molecular flexibility index (Phi) is 18.6. The molecule has 4 aliphatic rings. The van der Waals surface area contributed by atoms with Gasteiger partial charge in [0.2, 0.25) is 12.3 Å². The van der Waals surface area contributed by atoms with Crippen LogP contribution < -0.4 is 32.6 Å². The average Bonchev–Trinajstić information content (AvgIpc) is 4.16. The summed E-state index contributed by atoms with van der Waals surface area (Å²) in [4.78, 5) is 73.0. The molecule has 2 bridgehead atoms. The lowest BCUT2D eigenvalue weighted by atomic mass is 9.96. The zero-order valence-electron chi connectivity index (χ0n) is 44.4. The molecule has 0 spiro atoms. The van der Waals surface area contributed by atoms with Crippen molar-refractivity contribution in [1.82, 2.24) is 39.6 Å². The molecule has 17 nitrogen and oxygen atoms in total. The first-order valence-corrected chi connectivity index (χ1v) is 27.1. The number of fused-ring (bicyclic) bond motifs is 6. The molecule has 410 valence electrons. The second-order valence-electron chi connectivity index (χ2n) is 21.1. The molecule has 4 fully saturated rings. The van der Waals surface area contributed by atoms with E-state index >= 15 is 4.39 Å². The van der Waals surface area contributed by atoms with E-state index in [1.807, 2.05) is 11.0 Å². The number of aromatic nitrogens is 5. The Balaban J connectivity index is 0.000000196. The smallest absolute Gasteiger partial charge is 0.347 e. The van der Waals surface area contributed by atoms with E-state index in [-0.39, 0.29) is 57.9 Å². The number of carbonyl (C=O) groups excluding carboxylic acids is 3. The number of nitrogens with one attached hydrogen (secondary N) is 3. The zero-order chi connectivity index (χ0) is 54.8. The number of H-pyrrole nitrogens is 1. The molecule has 0 radical (unpaired) electrons. The number of hydrogen-bond acceptors (Lipinski definition) is 12. The van der Waals surface area contributed by atoms with E-state index in [2.05, 4.69) is 61.2 Å². The van der Waals surface area contributed by atoms with Gasteiger partial charge in [-0.2, -0.15) is 4.98 Å². The topological polar surface area (TPSA) is 223 Å². The predicted molar refractivity (Wildman–Crippen MR) is 295 cm³/mol. The quantitative estimate of drug-likeness (QED) is 0.0313. The fraction of sp³-hybridized carbons (Fsp3) is 0.500. The van der Waals surface area contributed by atoms with Crippen LogP contribution in [0, 0.1) is 24.0 Å². The maximum Gasteiger partial charge on any atom is 0.347 e. The molecule has 4 aliphatic heterocycles. The first-order chi connectivity index (χ1) is 37.2. The van der Waals surface area contributed by atoms with Crippen LogP contribution >= 0.6 is 0 Å². The lowest BCUT2D eigenvalue weighted by Crippen LogP contribution is -2.51. The van der Waals surface area contributed by atoms with Crippen molar-refractivity contribution in [3.63, 3.8) is 0 Å². The highest BCUT2D eigenvalue weighted by Gasteiger charge is 2.45. The number of aromatic hydroxyl groups is 1. The van der Waals surface area contributed by atoms with E-state index in [1.165, 1.54) is 111 Å². The lowest BCUT2D eigenvalue weighted by molar-refractivity contribution is -0.121. The summed E-state index contributed by atoms with van der Waals surface area (Å²) in [5.74, 6) is 0.949. The minimum absolute atomic E-state index is 0.0546. The van der Waals surface area contributed by atoms with Crippen LogP contribution in [0.1, 0.15) is 120 Å². The molecular formula is C58H72F2N10O7. The number of piperazine rings is 1. The summed E-state index contributed by atoms with van der Waals surface area (Å²) in [5, 5.41) is 17.4. The molecule has 2 amide bonds. The van der Waals surface area contributed by atoms with Crippen LogP contribution in [0.2, 0.25) is 0 Å². The van der Waals surface area contributed by atoms with Gasteiger partial charge in [-0.15, -0.1) is 6.42 Å². The number of benzene rings is 3. The van der Waals surface area contributed by atoms with Crippen molar-refractivity contribution in [1.29, 1.82) is 0 Å². The minimum atomic E-state index is -0.810. The minimum Gasteiger partial charge on any atom is -0.508 e. The van der Waals surface area contributed by atoms with Gasteiger partial charge in [-0.3, -0.25) is 28.6 Å². The number of rotatable bonds is 19. The molecule has 4 unspecified atom stereocenters. The number of hydrogen-bond donors (Lipinski definition) is 5. The number of amides is 2. The van der Waals surface area contributed by atoms with Crippen molar-refractivity contribution in [3.8, 4) is 29.4 Å². The SMILES string of the molecule is C#Cc1c(F)ccc2cc(O)cc(-c3ncc4c(N5CC6CCC(C5)N6)nc(=O)[nH]c4c3F)c12.CNC(=O)CCC(C=O)n1c(=O)n(C)c2cc(CCCCCCCCCOCC3CC[C@]4(C)CCCN34)ccc21.NC=O. The Labute approximate surface area is 446 Å². The summed E-state index contributed by atoms with van der Waals surface area (Å²) in [6, 6.07) is 12.0. The second kappa shape index (κ2) is 25.4. The van der Waals surface area contributed by atoms with Crippen molar-refractivity contribution >= 4 is 57.1 Å². The number of terminal acetylenes is 1. The number of aryl methyl sites for hydroxylation is 2. The van der Waals surface area contributed by atoms with Crippen LogP contribution in [0.3, 0.4) is 0 Å². The van der Waals surface area contributed by atoms with Gasteiger partial charge in [-0.25, -0.2) is 18.4 Å². The largest absolute Gasteiger partial charge is 0.508 e. The Hall–Kier alpha value is -7.01. The van der Waals surface area contributed by atoms with Gasteiger partial charge in [0.15, 0.2) is 5.82 Å². The molecule has 19 heteroatoms. The third-order valence-electron chi connectivity index (χ3n) is 16.1. The number of nitrogens with zero attached hydrogens (tertiary/aromatic N) is 6. The first-order valence-electron chi connectivity index (χ1n) is 27.1. The summed E-state index contributed by atoms with van der Waals surface area (Å²) in [6.45, 7) is 6.83. The summed E-state index contributed by atoms with van der Waals surface area (Å²) < 4.78 is 39.6. The highest BCUT2D eigenvalue weighted by Crippen LogP contribution is 2.42. The van der Waals surface area contributed by atoms with Crippen molar-refractivity contribution in [3.05, 3.63) is 92.4 Å². The number of halogens is 2. The van der Waals surface area contributed by atoms with Gasteiger partial charge in [0.1, 0.15) is 29.4 Å². The van der Waals surface area contributed by atoms with E-state index in [0.29, 0.717) is 59.8 Å². The molecule has 6 aromatic rings. The zero-order valence-corrected chi connectivity index (χ0v) is 44.4. The Bertz CT molecular complexity index is 3250. The summed E-state index contributed by atoms with van der Waals surface area (Å²) >= 11 is 0. The van der Waals surface area contributed by atoms with Crippen molar-refractivity contribution < 1.29 is 33.0 Å². The number of aldehydes is 1. The van der Waals surface area contributed by atoms with Crippen molar-refractivity contribution in [2.75, 3.05) is 44.8 Å². The first kappa shape index (κ1) is 56.2. The standard InChI is InChI=1S/C32H50N4O4.C25H19F2N5O2.CH3NO/c1-32-18-11-20-35(32)27(17-19-32)24-40-21-10-8-6-4-5-7-9-12-25-13-15-28-29(22-25)34(3)31(39)36(28)26(23-37)14-16-30(38)33-2;1-2-16-19(26)6-3-12-7-15(33)8-17(20(12)16)22-21(27)23-18(9-28-22)24(31-25(34)30-23)32-10-13-4-5-14(11-32)29-13;2-1-3/h13,15,22-23,26-27H,4-12,14,16-21,24H2,1-3H3,(H,33,38);1,3,6-9,13-14,29,33H,4-5,10-11H2,(H,30,31,34);1H,(H2,2,3)/t26?,27?,32-;;/m0../s1. The third kappa shape index (κ3) is 12.6. The Morgan fingerprint density at radius 3 is 2.45 bits per heavy atom. The predicted octanol–water partition coefficient (Wildman–Crippen LogP) is 7.06. The van der Waals surface area contributed by atoms with Gasteiger partial charge in [-0.05, 0) is 119 Å². The van der Waals surface area contributed by atoms with Crippen LogP contribution in [-0.4, -0.2) is 116 Å². The lowest BCUT2D eigenvalue weighted by Gasteiger charge is -2.34. The van der Waals surface area contributed by atoms with Crippen molar-refractivity contribution in [2.24, 2.45) is 12.8 Å². The summed E-state index contributed by atoms with van der Waals surface area (Å²) in [6.07, 6.45) is 25.5. The number of primary amides is 1. The fourth-order valence-corrected chi connectivity index (χ4v) is 12.1. The number of pyridine rings is 1. The molecule has 3 aromatic carbocycles. The Morgan fingerprint density at radius 2 is 1.74 bits per heavy atom. The molecule has 4 saturated heterocycles. The van der Waals surface area contributed by atoms with Crippen LogP contribution in [0.15, 0.2) is 58.3 Å². The molecule has 3 aromatic heterocycles. The molecule has 10 rings (SSSR count). The highest BCUT2D eigenvalue weighted by atomic mass is 19.1. The number of phenols is 1. The summed E-state index contributed by atoms with van der Waals surface area (Å²) in [5.41, 5.74) is 6.36. The number of ether oxygens (including phenoxy) is 1. The summed E-state index contributed by atoms with van der Waals surface area (Å²) in [7, 11) is 3.31. The van der Waals surface area contributed by atoms with E-state index in [0.717, 1.165) is 56.2 Å². The van der Waals surface area contributed by atoms with Crippen LogP contribution in [0.5, 0.6) is 5.75 Å². The molecule has 0 saturated carbocycles. The number of unbranched alkanes of at least 4 members (excludes halogenated alkanes) is 6. The average molecular weight is 1060 g/mol. The second-order valence-corrected chi connectivity index (χ2v) is 21.1. The molecule has 0 aliphatic carbocycles. The number of anilines is 1. The monoisotopic (exact) mass is 1060 g/mol. The number of nitrogens with two attached hydrogens (primary N) is 1. The third-order valence-corrected chi connectivity index (χ3v) is 16.1. The van der Waals surface area contributed by atoms with Gasteiger partial charge in [0.05, 0.1) is 40.1 Å². The van der Waals surface area contributed by atoms with Gasteiger partial charge in [0.25, 0.3) is 0 Å². The van der Waals surface area contributed by atoms with Gasteiger partial charge < -0.3 is 40.9 Å². The highest BCUT2D eigenvalue weighted by molar-refractivity contribution is 6.03. The molecule has 6 N–H and O–H groups in total. The van der Waals surface area contributed by atoms with E-state index in [9.17, 15) is 28.7 Å². The molecule has 5 atom stereocenters. The van der Waals surface area contributed by atoms with Gasteiger partial charge >= 0.3 is 11.4 Å².